The number of benzene rings is 1. The first kappa shape index (κ1) is 23.1. The zero-order valence-electron chi connectivity index (χ0n) is 19.7. The van der Waals surface area contributed by atoms with Crippen LogP contribution < -0.4 is 15.8 Å². The van der Waals surface area contributed by atoms with Crippen LogP contribution in [0.15, 0.2) is 24.3 Å². The van der Waals surface area contributed by atoms with Gasteiger partial charge in [0.1, 0.15) is 0 Å². The van der Waals surface area contributed by atoms with Gasteiger partial charge in [-0.1, -0.05) is 12.1 Å². The van der Waals surface area contributed by atoms with Gasteiger partial charge in [0.25, 0.3) is 0 Å². The summed E-state index contributed by atoms with van der Waals surface area (Å²) in [5.74, 6) is 1.72. The number of rotatable bonds is 5. The summed E-state index contributed by atoms with van der Waals surface area (Å²) in [4.78, 5) is 16.0. The number of thiophene rings is 1. The molecule has 5 heterocycles. The van der Waals surface area contributed by atoms with Crippen LogP contribution in [0.1, 0.15) is 10.4 Å². The molecule has 2 N–H and O–H groups in total. The van der Waals surface area contributed by atoms with Crippen molar-refractivity contribution in [2.24, 2.45) is 0 Å². The average molecular weight is 516 g/mol. The van der Waals surface area contributed by atoms with Gasteiger partial charge in [0.15, 0.2) is 11.6 Å². The fourth-order valence-electron chi connectivity index (χ4n) is 4.92. The van der Waals surface area contributed by atoms with Crippen molar-refractivity contribution < 1.29 is 13.2 Å². The Labute approximate surface area is 208 Å². The predicted octanol–water partition coefficient (Wildman–Crippen LogP) is 1.70. The van der Waals surface area contributed by atoms with E-state index in [0.717, 1.165) is 72.4 Å². The molecule has 2 fully saturated rings. The van der Waals surface area contributed by atoms with Crippen molar-refractivity contribution in [2.45, 2.75) is 13.1 Å². The maximum Gasteiger partial charge on any atom is 0.211 e. The number of nitrogens with zero attached hydrogens (tertiary/aromatic N) is 5. The van der Waals surface area contributed by atoms with Crippen LogP contribution in [0.5, 0.6) is 0 Å². The lowest BCUT2D eigenvalue weighted by Gasteiger charge is -2.32. The third kappa shape index (κ3) is 4.61. The summed E-state index contributed by atoms with van der Waals surface area (Å²) < 4.78 is 32.0. The first-order valence-corrected chi connectivity index (χ1v) is 14.5. The van der Waals surface area contributed by atoms with E-state index in [4.69, 9.17) is 14.7 Å². The largest absolute Gasteiger partial charge is 0.378 e. The van der Waals surface area contributed by atoms with Gasteiger partial charge in [0, 0.05) is 68.4 Å². The van der Waals surface area contributed by atoms with Gasteiger partial charge >= 0.3 is 0 Å². The molecular weight excluding hydrogens is 486 g/mol. The highest BCUT2D eigenvalue weighted by Gasteiger charge is 2.26. The molecule has 3 aromatic rings. The maximum absolute atomic E-state index is 11.8. The van der Waals surface area contributed by atoms with Gasteiger partial charge in [0.2, 0.25) is 10.0 Å². The number of sulfonamides is 1. The Kier molecular flexibility index (Phi) is 6.11. The lowest BCUT2D eigenvalue weighted by Crippen LogP contribution is -2.47. The van der Waals surface area contributed by atoms with Crippen LogP contribution in [-0.2, 0) is 27.8 Å². The number of ether oxygens (including phenoxy) is 1. The summed E-state index contributed by atoms with van der Waals surface area (Å²) in [5, 5.41) is 0. The van der Waals surface area contributed by atoms with E-state index < -0.39 is 10.0 Å². The molecule has 0 aliphatic carbocycles. The number of nitrogens with one attached hydrogen (secondary N) is 2. The molecule has 2 aromatic heterocycles. The van der Waals surface area contributed by atoms with Crippen LogP contribution in [0.25, 0.3) is 21.6 Å². The van der Waals surface area contributed by atoms with Gasteiger partial charge in [-0.05, 0) is 12.1 Å². The molecular formula is C23H29N7O3S2. The van der Waals surface area contributed by atoms with Gasteiger partial charge in [-0.15, -0.1) is 11.3 Å². The summed E-state index contributed by atoms with van der Waals surface area (Å²) in [5.41, 5.74) is 10.7. The van der Waals surface area contributed by atoms with Gasteiger partial charge < -0.3 is 15.1 Å². The SMILES string of the molecule is CS(=O)(=O)N1CCN(Cc2cc3nc(-c4cccc5c4CNN5)nc(N4CCOCC4)c3s2)CC1. The van der Waals surface area contributed by atoms with Gasteiger partial charge in [-0.3, -0.25) is 4.90 Å². The Balaban J connectivity index is 1.34. The smallest absolute Gasteiger partial charge is 0.211 e. The van der Waals surface area contributed by atoms with E-state index in [1.807, 2.05) is 6.07 Å². The summed E-state index contributed by atoms with van der Waals surface area (Å²) in [6, 6.07) is 8.36. The number of fused-ring (bicyclic) bond motifs is 2. The zero-order valence-corrected chi connectivity index (χ0v) is 21.3. The highest BCUT2D eigenvalue weighted by Crippen LogP contribution is 2.37. The van der Waals surface area contributed by atoms with Gasteiger partial charge in [0.05, 0.1) is 35.4 Å². The molecule has 0 radical (unpaired) electrons. The van der Waals surface area contributed by atoms with Crippen molar-refractivity contribution >= 4 is 43.1 Å². The third-order valence-electron chi connectivity index (χ3n) is 6.80. The molecule has 2 saturated heterocycles. The number of piperazine rings is 1. The molecule has 3 aliphatic heterocycles. The van der Waals surface area contributed by atoms with Gasteiger partial charge in [-0.2, -0.15) is 4.31 Å². The molecule has 0 spiro atoms. The fourth-order valence-corrected chi connectivity index (χ4v) is 6.91. The number of hydrazine groups is 1. The molecule has 0 saturated carbocycles. The predicted molar refractivity (Wildman–Crippen MR) is 138 cm³/mol. The minimum absolute atomic E-state index is 0.536. The minimum Gasteiger partial charge on any atom is -0.378 e. The van der Waals surface area contributed by atoms with E-state index in [2.05, 4.69) is 38.9 Å². The molecule has 1 aromatic carbocycles. The average Bonchev–Trinajstić information content (AvgIpc) is 3.50. The number of anilines is 2. The Morgan fingerprint density at radius 1 is 1.09 bits per heavy atom. The summed E-state index contributed by atoms with van der Waals surface area (Å²) in [6.07, 6.45) is 1.28. The van der Waals surface area contributed by atoms with Crippen molar-refractivity contribution in [3.05, 3.63) is 34.7 Å². The van der Waals surface area contributed by atoms with Crippen molar-refractivity contribution in [3.63, 3.8) is 0 Å². The van der Waals surface area contributed by atoms with Crippen molar-refractivity contribution in [1.29, 1.82) is 0 Å². The van der Waals surface area contributed by atoms with E-state index in [1.54, 1.807) is 15.6 Å². The molecule has 0 atom stereocenters. The van der Waals surface area contributed by atoms with Crippen molar-refractivity contribution in [3.8, 4) is 11.4 Å². The standard InChI is InChI=1S/C23H29N7O3S2/c1-35(31,32)30-7-5-28(6-8-30)15-16-13-20-21(34-16)23(29-9-11-33-12-10-29)26-22(25-20)17-3-2-4-19-18(17)14-24-27-19/h2-4,13,24,27H,5-12,14-15H2,1H3. The quantitative estimate of drug-likeness (QED) is 0.526. The molecule has 35 heavy (non-hydrogen) atoms. The number of hydrogen-bond acceptors (Lipinski definition) is 10. The van der Waals surface area contributed by atoms with E-state index in [1.165, 1.54) is 16.7 Å². The lowest BCUT2D eigenvalue weighted by molar-refractivity contribution is 0.122. The van der Waals surface area contributed by atoms with Crippen LogP contribution in [0.4, 0.5) is 11.5 Å². The fraction of sp³-hybridized carbons (Fsp3) is 0.478. The van der Waals surface area contributed by atoms with E-state index in [0.29, 0.717) is 26.3 Å². The summed E-state index contributed by atoms with van der Waals surface area (Å²) in [7, 11) is -3.13. The number of morpholine rings is 1. The lowest BCUT2D eigenvalue weighted by atomic mass is 10.1. The summed E-state index contributed by atoms with van der Waals surface area (Å²) >= 11 is 1.74. The van der Waals surface area contributed by atoms with Crippen LogP contribution in [-0.4, -0.2) is 86.3 Å². The Bertz CT molecular complexity index is 1350. The molecule has 12 heteroatoms. The maximum atomic E-state index is 11.8. The highest BCUT2D eigenvalue weighted by atomic mass is 32.2. The Hall–Kier alpha value is -2.35. The van der Waals surface area contributed by atoms with E-state index in [-0.39, 0.29) is 0 Å². The van der Waals surface area contributed by atoms with Crippen LogP contribution in [0.2, 0.25) is 0 Å². The molecule has 3 aliphatic rings. The van der Waals surface area contributed by atoms with E-state index >= 15 is 0 Å². The van der Waals surface area contributed by atoms with Crippen molar-refractivity contribution in [2.75, 3.05) is 69.1 Å². The molecule has 0 unspecified atom stereocenters. The highest BCUT2D eigenvalue weighted by molar-refractivity contribution is 7.88. The second kappa shape index (κ2) is 9.26. The Morgan fingerprint density at radius 2 is 1.89 bits per heavy atom. The van der Waals surface area contributed by atoms with Crippen molar-refractivity contribution in [1.82, 2.24) is 24.6 Å². The molecule has 10 nitrogen and oxygen atoms in total. The van der Waals surface area contributed by atoms with Crippen LogP contribution >= 0.6 is 11.3 Å². The second-order valence-electron chi connectivity index (χ2n) is 9.15. The van der Waals surface area contributed by atoms with Crippen LogP contribution in [0, 0.1) is 0 Å². The molecule has 0 bridgehead atoms. The number of aromatic nitrogens is 2. The second-order valence-corrected chi connectivity index (χ2v) is 12.3. The van der Waals surface area contributed by atoms with E-state index in [9.17, 15) is 8.42 Å². The third-order valence-corrected chi connectivity index (χ3v) is 9.21. The summed E-state index contributed by atoms with van der Waals surface area (Å²) in [6.45, 7) is 7.04. The van der Waals surface area contributed by atoms with Gasteiger partial charge in [-0.25, -0.2) is 23.8 Å². The molecule has 0 amide bonds. The first-order chi connectivity index (χ1) is 17.0. The zero-order chi connectivity index (χ0) is 24.0. The topological polar surface area (TPSA) is 103 Å². The normalized spacial score (nSPS) is 19.7. The molecule has 186 valence electrons. The van der Waals surface area contributed by atoms with Crippen LogP contribution in [0.3, 0.4) is 0 Å². The minimum atomic E-state index is -3.13. The number of hydrogen-bond donors (Lipinski definition) is 2. The first-order valence-electron chi connectivity index (χ1n) is 11.9. The Morgan fingerprint density at radius 3 is 2.66 bits per heavy atom. The molecule has 6 rings (SSSR count). The monoisotopic (exact) mass is 515 g/mol.